The van der Waals surface area contributed by atoms with Gasteiger partial charge in [-0.3, -0.25) is 4.31 Å². The third-order valence-corrected chi connectivity index (χ3v) is 5.38. The molecule has 0 radical (unpaired) electrons. The summed E-state index contributed by atoms with van der Waals surface area (Å²) in [5.41, 5.74) is 1.21. The Morgan fingerprint density at radius 3 is 2.57 bits per heavy atom. The number of hydrogen-bond donors (Lipinski definition) is 1. The van der Waals surface area contributed by atoms with Gasteiger partial charge in [-0.25, -0.2) is 13.2 Å². The van der Waals surface area contributed by atoms with Crippen LogP contribution in [0.1, 0.15) is 5.56 Å². The third-order valence-electron chi connectivity index (χ3n) is 3.59. The molecule has 0 aromatic heterocycles. The molecule has 0 bridgehead atoms. The lowest BCUT2D eigenvalue weighted by molar-refractivity contribution is -0.144. The van der Waals surface area contributed by atoms with E-state index in [9.17, 15) is 18.3 Å². The van der Waals surface area contributed by atoms with Gasteiger partial charge in [-0.15, -0.1) is 0 Å². The summed E-state index contributed by atoms with van der Waals surface area (Å²) in [6.45, 7) is 1.56. The Balaban J connectivity index is 2.14. The zero-order valence-corrected chi connectivity index (χ0v) is 13.2. The van der Waals surface area contributed by atoms with Gasteiger partial charge in [-0.1, -0.05) is 24.3 Å². The smallest absolute Gasteiger partial charge is 0.346 e. The summed E-state index contributed by atoms with van der Waals surface area (Å²) >= 11 is 0. The van der Waals surface area contributed by atoms with Crippen molar-refractivity contribution in [2.75, 3.05) is 10.8 Å². The van der Waals surface area contributed by atoms with E-state index in [1.807, 2.05) is 6.92 Å². The Hall–Kier alpha value is -2.54. The van der Waals surface area contributed by atoms with E-state index in [2.05, 4.69) is 0 Å². The number of fused-ring (bicyclic) bond motifs is 1. The summed E-state index contributed by atoms with van der Waals surface area (Å²) in [6.07, 6.45) is -1.25. The SMILES string of the molecule is Cc1ccc2c(c1)N(S(=O)(=O)c1ccccc1)CC(C(=O)O)O2. The topological polar surface area (TPSA) is 83.9 Å². The van der Waals surface area contributed by atoms with Crippen molar-refractivity contribution in [2.24, 2.45) is 0 Å². The van der Waals surface area contributed by atoms with Crippen LogP contribution in [0, 0.1) is 6.92 Å². The molecule has 1 heterocycles. The summed E-state index contributed by atoms with van der Waals surface area (Å²) in [7, 11) is -3.87. The van der Waals surface area contributed by atoms with Crippen LogP contribution in [0.25, 0.3) is 0 Å². The fourth-order valence-electron chi connectivity index (χ4n) is 2.44. The molecule has 2 aromatic carbocycles. The minimum absolute atomic E-state index is 0.110. The van der Waals surface area contributed by atoms with Crippen LogP contribution < -0.4 is 9.04 Å². The molecule has 1 unspecified atom stereocenters. The molecule has 6 nitrogen and oxygen atoms in total. The van der Waals surface area contributed by atoms with Crippen molar-refractivity contribution < 1.29 is 23.1 Å². The van der Waals surface area contributed by atoms with Gasteiger partial charge in [-0.2, -0.15) is 0 Å². The summed E-state index contributed by atoms with van der Waals surface area (Å²) in [4.78, 5) is 11.4. The number of carboxylic acids is 1. The maximum absolute atomic E-state index is 12.9. The number of anilines is 1. The van der Waals surface area contributed by atoms with Crippen LogP contribution in [0.3, 0.4) is 0 Å². The molecule has 3 rings (SSSR count). The number of carboxylic acid groups (broad SMARTS) is 1. The molecule has 1 N–H and O–H groups in total. The van der Waals surface area contributed by atoms with Crippen molar-refractivity contribution in [3.05, 3.63) is 54.1 Å². The van der Waals surface area contributed by atoms with Crippen molar-refractivity contribution >= 4 is 21.7 Å². The number of sulfonamides is 1. The van der Waals surface area contributed by atoms with Crippen molar-refractivity contribution in [3.8, 4) is 5.75 Å². The summed E-state index contributed by atoms with van der Waals surface area (Å²) < 4.78 is 32.3. The summed E-state index contributed by atoms with van der Waals surface area (Å²) in [6, 6.07) is 12.9. The molecule has 2 aromatic rings. The van der Waals surface area contributed by atoms with Gasteiger partial charge in [-0.05, 0) is 36.8 Å². The predicted octanol–water partition coefficient (Wildman–Crippen LogP) is 2.04. The standard InChI is InChI=1S/C16H15NO5S/c1-11-7-8-14-13(9-11)17(10-15(22-14)16(18)19)23(20,21)12-5-3-2-4-6-12/h2-9,15H,10H2,1H3,(H,18,19). The molecule has 0 fully saturated rings. The molecule has 1 aliphatic rings. The molecular weight excluding hydrogens is 318 g/mol. The fraction of sp³-hybridized carbons (Fsp3) is 0.188. The lowest BCUT2D eigenvalue weighted by atomic mass is 10.1. The van der Waals surface area contributed by atoms with Crippen molar-refractivity contribution in [1.82, 2.24) is 0 Å². The van der Waals surface area contributed by atoms with Gasteiger partial charge < -0.3 is 9.84 Å². The Bertz CT molecular complexity index is 848. The largest absolute Gasteiger partial charge is 0.478 e. The minimum atomic E-state index is -3.87. The van der Waals surface area contributed by atoms with E-state index in [-0.39, 0.29) is 17.2 Å². The van der Waals surface area contributed by atoms with Crippen molar-refractivity contribution in [1.29, 1.82) is 0 Å². The molecule has 0 saturated carbocycles. The first-order chi connectivity index (χ1) is 10.9. The zero-order chi connectivity index (χ0) is 16.6. The fourth-order valence-corrected chi connectivity index (χ4v) is 3.93. The Morgan fingerprint density at radius 1 is 1.22 bits per heavy atom. The van der Waals surface area contributed by atoms with Crippen molar-refractivity contribution in [2.45, 2.75) is 17.9 Å². The quantitative estimate of drug-likeness (QED) is 0.929. The minimum Gasteiger partial charge on any atom is -0.478 e. The number of aliphatic carboxylic acids is 1. The van der Waals surface area contributed by atoms with Crippen LogP contribution >= 0.6 is 0 Å². The number of ether oxygens (including phenoxy) is 1. The second-order valence-electron chi connectivity index (χ2n) is 5.27. The van der Waals surface area contributed by atoms with E-state index in [1.165, 1.54) is 12.1 Å². The van der Waals surface area contributed by atoms with Gasteiger partial charge in [0.1, 0.15) is 5.75 Å². The number of nitrogens with zero attached hydrogens (tertiary/aromatic N) is 1. The van der Waals surface area contributed by atoms with E-state index in [0.717, 1.165) is 9.87 Å². The van der Waals surface area contributed by atoms with Crippen LogP contribution in [0.5, 0.6) is 5.75 Å². The molecule has 23 heavy (non-hydrogen) atoms. The highest BCUT2D eigenvalue weighted by atomic mass is 32.2. The molecule has 1 aliphatic heterocycles. The monoisotopic (exact) mass is 333 g/mol. The maximum atomic E-state index is 12.9. The summed E-state index contributed by atoms with van der Waals surface area (Å²) in [5.74, 6) is -0.960. The van der Waals surface area contributed by atoms with Gasteiger partial charge in [0.25, 0.3) is 10.0 Å². The van der Waals surface area contributed by atoms with E-state index in [4.69, 9.17) is 4.74 Å². The van der Waals surface area contributed by atoms with Crippen LogP contribution in [-0.4, -0.2) is 32.1 Å². The highest BCUT2D eigenvalue weighted by molar-refractivity contribution is 7.92. The van der Waals surface area contributed by atoms with Crippen LogP contribution in [0.4, 0.5) is 5.69 Å². The van der Waals surface area contributed by atoms with Gasteiger partial charge in [0.15, 0.2) is 0 Å². The molecule has 0 amide bonds. The number of rotatable bonds is 3. The number of aryl methyl sites for hydroxylation is 1. The lowest BCUT2D eigenvalue weighted by Crippen LogP contribution is -2.47. The number of carbonyl (C=O) groups is 1. The second kappa shape index (κ2) is 5.58. The highest BCUT2D eigenvalue weighted by Gasteiger charge is 2.37. The van der Waals surface area contributed by atoms with Gasteiger partial charge in [0.2, 0.25) is 6.10 Å². The second-order valence-corrected chi connectivity index (χ2v) is 7.13. The third kappa shape index (κ3) is 2.75. The van der Waals surface area contributed by atoms with Gasteiger partial charge in [0, 0.05) is 0 Å². The normalized spacial score (nSPS) is 17.3. The Kier molecular flexibility index (Phi) is 3.73. The highest BCUT2D eigenvalue weighted by Crippen LogP contribution is 2.37. The van der Waals surface area contributed by atoms with Crippen LogP contribution in [0.15, 0.2) is 53.4 Å². The molecular formula is C16H15NO5S. The van der Waals surface area contributed by atoms with Crippen LogP contribution in [0.2, 0.25) is 0 Å². The summed E-state index contributed by atoms with van der Waals surface area (Å²) in [5, 5.41) is 9.23. The van der Waals surface area contributed by atoms with E-state index in [0.29, 0.717) is 5.69 Å². The lowest BCUT2D eigenvalue weighted by Gasteiger charge is -2.34. The van der Waals surface area contributed by atoms with Crippen molar-refractivity contribution in [3.63, 3.8) is 0 Å². The van der Waals surface area contributed by atoms with Gasteiger partial charge >= 0.3 is 5.97 Å². The van der Waals surface area contributed by atoms with Gasteiger partial charge in [0.05, 0.1) is 17.1 Å². The molecule has 0 saturated heterocycles. The zero-order valence-electron chi connectivity index (χ0n) is 12.3. The Morgan fingerprint density at radius 2 is 1.91 bits per heavy atom. The number of benzene rings is 2. The number of hydrogen-bond acceptors (Lipinski definition) is 4. The first-order valence-corrected chi connectivity index (χ1v) is 8.41. The molecule has 120 valence electrons. The van der Waals surface area contributed by atoms with Crippen LogP contribution in [-0.2, 0) is 14.8 Å². The average Bonchev–Trinajstić information content (AvgIpc) is 2.54. The maximum Gasteiger partial charge on any atom is 0.346 e. The average molecular weight is 333 g/mol. The molecule has 1 atom stereocenters. The molecule has 0 aliphatic carbocycles. The molecule has 0 spiro atoms. The van der Waals surface area contributed by atoms with E-state index < -0.39 is 22.1 Å². The predicted molar refractivity (Wildman–Crippen MR) is 84.2 cm³/mol. The Labute approximate surface area is 134 Å². The first-order valence-electron chi connectivity index (χ1n) is 6.97. The molecule has 7 heteroatoms. The first kappa shape index (κ1) is 15.4. The van der Waals surface area contributed by atoms with E-state index >= 15 is 0 Å². The van der Waals surface area contributed by atoms with E-state index in [1.54, 1.807) is 36.4 Å².